The van der Waals surface area contributed by atoms with Gasteiger partial charge in [-0.05, 0) is 54.8 Å². The van der Waals surface area contributed by atoms with E-state index in [2.05, 4.69) is 11.9 Å². The van der Waals surface area contributed by atoms with Crippen molar-refractivity contribution >= 4 is 51.9 Å². The summed E-state index contributed by atoms with van der Waals surface area (Å²) in [6.07, 6.45) is 4.30. The van der Waals surface area contributed by atoms with Gasteiger partial charge in [0.25, 0.3) is 5.91 Å². The van der Waals surface area contributed by atoms with Crippen LogP contribution in [0.2, 0.25) is 5.02 Å². The predicted octanol–water partition coefficient (Wildman–Crippen LogP) is 5.42. The third-order valence-corrected chi connectivity index (χ3v) is 5.91. The van der Waals surface area contributed by atoms with Crippen LogP contribution in [0.3, 0.4) is 0 Å². The van der Waals surface area contributed by atoms with E-state index in [4.69, 9.17) is 42.8 Å². The number of methoxy groups -OCH3 is 1. The van der Waals surface area contributed by atoms with Gasteiger partial charge in [-0.15, -0.1) is 6.58 Å². The summed E-state index contributed by atoms with van der Waals surface area (Å²) in [6.45, 7) is 6.56. The predicted molar refractivity (Wildman–Crippen MR) is 137 cm³/mol. The summed E-state index contributed by atoms with van der Waals surface area (Å²) < 4.78 is 23.3. The van der Waals surface area contributed by atoms with E-state index in [1.165, 1.54) is 11.8 Å². The average molecular weight is 506 g/mol. The van der Waals surface area contributed by atoms with Crippen molar-refractivity contribution in [3.05, 3.63) is 64.0 Å². The van der Waals surface area contributed by atoms with Gasteiger partial charge in [0.2, 0.25) is 0 Å². The SMILES string of the molecule is C=CCc1ccc(OCCOc2c(Cl)cc(/C=C3/SC(=S)NC3=O)cc2OCC)c(OC)c1. The number of thioether (sulfide) groups is 1. The second-order valence-electron chi connectivity index (χ2n) is 6.79. The number of carbonyl (C=O) groups is 1. The molecule has 0 unspecified atom stereocenters. The Hall–Kier alpha value is -2.68. The lowest BCUT2D eigenvalue weighted by Gasteiger charge is -2.16. The van der Waals surface area contributed by atoms with Crippen LogP contribution in [0.25, 0.3) is 6.08 Å². The van der Waals surface area contributed by atoms with E-state index >= 15 is 0 Å². The number of nitrogens with one attached hydrogen (secondary N) is 1. The number of hydrogen-bond acceptors (Lipinski definition) is 7. The highest BCUT2D eigenvalue weighted by atomic mass is 35.5. The number of halogens is 1. The highest BCUT2D eigenvalue weighted by Crippen LogP contribution is 2.38. The highest BCUT2D eigenvalue weighted by Gasteiger charge is 2.22. The number of ether oxygens (including phenoxy) is 4. The van der Waals surface area contributed by atoms with Gasteiger partial charge in [0.15, 0.2) is 23.0 Å². The number of rotatable bonds is 11. The van der Waals surface area contributed by atoms with Crippen LogP contribution in [0, 0.1) is 0 Å². The molecule has 0 aromatic heterocycles. The van der Waals surface area contributed by atoms with Crippen LogP contribution >= 0.6 is 35.6 Å². The van der Waals surface area contributed by atoms with Crippen LogP contribution in [0.1, 0.15) is 18.1 Å². The maximum absolute atomic E-state index is 11.9. The van der Waals surface area contributed by atoms with Crippen molar-refractivity contribution in [2.75, 3.05) is 26.9 Å². The Morgan fingerprint density at radius 3 is 2.58 bits per heavy atom. The average Bonchev–Trinajstić information content (AvgIpc) is 3.10. The minimum Gasteiger partial charge on any atom is -0.493 e. The first-order valence-electron chi connectivity index (χ1n) is 10.2. The van der Waals surface area contributed by atoms with E-state index in [0.29, 0.717) is 49.4 Å². The molecule has 174 valence electrons. The van der Waals surface area contributed by atoms with Gasteiger partial charge in [0, 0.05) is 0 Å². The zero-order valence-electron chi connectivity index (χ0n) is 18.3. The second-order valence-corrected chi connectivity index (χ2v) is 8.92. The molecule has 1 fully saturated rings. The molecule has 0 aliphatic carbocycles. The smallest absolute Gasteiger partial charge is 0.263 e. The van der Waals surface area contributed by atoms with Crippen molar-refractivity contribution in [1.82, 2.24) is 5.32 Å². The molecule has 2 aromatic rings. The fourth-order valence-electron chi connectivity index (χ4n) is 3.07. The molecule has 1 N–H and O–H groups in total. The number of benzene rings is 2. The molecule has 0 spiro atoms. The molecule has 9 heteroatoms. The fourth-order valence-corrected chi connectivity index (χ4v) is 4.38. The van der Waals surface area contributed by atoms with Crippen LogP contribution in [0.15, 0.2) is 47.9 Å². The molecular weight excluding hydrogens is 482 g/mol. The third kappa shape index (κ3) is 6.66. The number of allylic oxidation sites excluding steroid dienone is 1. The number of amides is 1. The lowest BCUT2D eigenvalue weighted by Crippen LogP contribution is -2.17. The summed E-state index contributed by atoms with van der Waals surface area (Å²) >= 11 is 12.7. The standard InChI is InChI=1S/C24H24ClNO5S2/c1-4-6-15-7-8-18(19(12-15)28-3)30-9-10-31-22-17(25)11-16(13-20(22)29-5-2)14-21-23(27)26-24(32)33-21/h4,7-8,11-14H,1,5-6,9-10H2,2-3H3,(H,26,27,32)/b21-14+. The first-order chi connectivity index (χ1) is 15.9. The molecule has 0 radical (unpaired) electrons. The molecule has 2 aromatic carbocycles. The first-order valence-corrected chi connectivity index (χ1v) is 11.8. The van der Waals surface area contributed by atoms with Crippen molar-refractivity contribution in [3.63, 3.8) is 0 Å². The molecule has 0 saturated carbocycles. The maximum Gasteiger partial charge on any atom is 0.263 e. The van der Waals surface area contributed by atoms with Gasteiger partial charge in [-0.25, -0.2) is 0 Å². The third-order valence-electron chi connectivity index (χ3n) is 4.47. The van der Waals surface area contributed by atoms with Gasteiger partial charge < -0.3 is 24.3 Å². The van der Waals surface area contributed by atoms with Crippen LogP contribution in [-0.4, -0.2) is 37.2 Å². The number of thiocarbonyl (C=S) groups is 1. The highest BCUT2D eigenvalue weighted by molar-refractivity contribution is 8.26. The lowest BCUT2D eigenvalue weighted by atomic mass is 10.1. The zero-order valence-corrected chi connectivity index (χ0v) is 20.7. The van der Waals surface area contributed by atoms with Crippen LogP contribution < -0.4 is 24.3 Å². The van der Waals surface area contributed by atoms with Gasteiger partial charge in [-0.2, -0.15) is 0 Å². The summed E-state index contributed by atoms with van der Waals surface area (Å²) in [5.41, 5.74) is 1.79. The molecule has 1 saturated heterocycles. The minimum atomic E-state index is -0.232. The molecule has 1 amide bonds. The molecule has 1 heterocycles. The lowest BCUT2D eigenvalue weighted by molar-refractivity contribution is -0.115. The Morgan fingerprint density at radius 1 is 1.12 bits per heavy atom. The van der Waals surface area contributed by atoms with Crippen molar-refractivity contribution in [2.45, 2.75) is 13.3 Å². The quantitative estimate of drug-likeness (QED) is 0.189. The van der Waals surface area contributed by atoms with Gasteiger partial charge >= 0.3 is 0 Å². The number of carbonyl (C=O) groups excluding carboxylic acids is 1. The first kappa shape index (κ1) is 25.0. The summed E-state index contributed by atoms with van der Waals surface area (Å²) in [4.78, 5) is 12.4. The topological polar surface area (TPSA) is 66.0 Å². The molecule has 0 bridgehead atoms. The van der Waals surface area contributed by atoms with Crippen LogP contribution in [0.4, 0.5) is 0 Å². The largest absolute Gasteiger partial charge is 0.493 e. The summed E-state index contributed by atoms with van der Waals surface area (Å²) in [5.74, 6) is 1.93. The van der Waals surface area contributed by atoms with Gasteiger partial charge in [-0.3, -0.25) is 4.79 Å². The van der Waals surface area contributed by atoms with Crippen molar-refractivity contribution in [1.29, 1.82) is 0 Å². The molecule has 1 aliphatic rings. The Labute approximate surface area is 207 Å². The van der Waals surface area contributed by atoms with Crippen molar-refractivity contribution in [3.8, 4) is 23.0 Å². The van der Waals surface area contributed by atoms with Gasteiger partial charge in [0.1, 0.15) is 17.5 Å². The number of hydrogen-bond donors (Lipinski definition) is 1. The van der Waals surface area contributed by atoms with Crippen LogP contribution in [-0.2, 0) is 11.2 Å². The Bertz CT molecular complexity index is 1090. The summed E-state index contributed by atoms with van der Waals surface area (Å²) in [5, 5.41) is 2.96. The summed E-state index contributed by atoms with van der Waals surface area (Å²) in [6, 6.07) is 9.23. The van der Waals surface area contributed by atoms with Crippen molar-refractivity contribution < 1.29 is 23.7 Å². The minimum absolute atomic E-state index is 0.232. The molecule has 1 aliphatic heterocycles. The van der Waals surface area contributed by atoms with Gasteiger partial charge in [0.05, 0.1) is 23.6 Å². The van der Waals surface area contributed by atoms with E-state index in [9.17, 15) is 4.79 Å². The van der Waals surface area contributed by atoms with E-state index in [-0.39, 0.29) is 19.1 Å². The van der Waals surface area contributed by atoms with E-state index in [0.717, 1.165) is 12.0 Å². The zero-order chi connectivity index (χ0) is 23.8. The van der Waals surface area contributed by atoms with Crippen LogP contribution in [0.5, 0.6) is 23.0 Å². The Kier molecular flexibility index (Phi) is 9.05. The molecule has 6 nitrogen and oxygen atoms in total. The van der Waals surface area contributed by atoms with Crippen molar-refractivity contribution in [2.24, 2.45) is 0 Å². The maximum atomic E-state index is 11.9. The van der Waals surface area contributed by atoms with Gasteiger partial charge in [-0.1, -0.05) is 47.7 Å². The Morgan fingerprint density at radius 2 is 1.91 bits per heavy atom. The molecule has 33 heavy (non-hydrogen) atoms. The second kappa shape index (κ2) is 12.0. The van der Waals surface area contributed by atoms with E-state index < -0.39 is 0 Å². The van der Waals surface area contributed by atoms with E-state index in [1.54, 1.807) is 25.3 Å². The summed E-state index contributed by atoms with van der Waals surface area (Å²) in [7, 11) is 1.60. The Balaban J connectivity index is 1.68. The van der Waals surface area contributed by atoms with E-state index in [1.807, 2.05) is 31.2 Å². The molecule has 0 atom stereocenters. The monoisotopic (exact) mass is 505 g/mol. The normalized spacial score (nSPS) is 14.2. The molecular formula is C24H24ClNO5S2. The fraction of sp³-hybridized carbons (Fsp3) is 0.250. The molecule has 3 rings (SSSR count).